The molecule has 1 heterocycles. The fourth-order valence-electron chi connectivity index (χ4n) is 4.86. The molecule has 1 N–H and O–H groups in total. The van der Waals surface area contributed by atoms with Gasteiger partial charge in [0.05, 0.1) is 0 Å². The summed E-state index contributed by atoms with van der Waals surface area (Å²) in [5, 5.41) is 2.97. The van der Waals surface area contributed by atoms with Crippen molar-refractivity contribution in [1.29, 1.82) is 0 Å². The number of aromatic nitrogens is 2. The molecule has 5 rings (SSSR count). The molecule has 0 aromatic carbocycles. The van der Waals surface area contributed by atoms with E-state index >= 15 is 0 Å². The molecule has 0 aliphatic heterocycles. The SMILES string of the molecule is S=c1nc(C23CC4CC(CC(C4)C2)C3)[nH]o1. The summed E-state index contributed by atoms with van der Waals surface area (Å²) in [5.41, 5.74) is 0.287. The molecule has 0 radical (unpaired) electrons. The lowest BCUT2D eigenvalue weighted by molar-refractivity contribution is -0.0103. The third kappa shape index (κ3) is 1.19. The first kappa shape index (κ1) is 9.40. The predicted molar refractivity (Wildman–Crippen MR) is 61.5 cm³/mol. The molecule has 0 amide bonds. The van der Waals surface area contributed by atoms with Crippen LogP contribution in [0.3, 0.4) is 0 Å². The first-order chi connectivity index (χ1) is 7.73. The van der Waals surface area contributed by atoms with Gasteiger partial charge in [-0.1, -0.05) is 0 Å². The first-order valence-corrected chi connectivity index (χ1v) is 6.70. The molecule has 0 unspecified atom stereocenters. The van der Waals surface area contributed by atoms with Gasteiger partial charge in [-0.15, -0.1) is 0 Å². The molecular formula is C12H16N2OS. The number of nitrogens with one attached hydrogen (secondary N) is 1. The highest BCUT2D eigenvalue weighted by molar-refractivity contribution is 7.71. The van der Waals surface area contributed by atoms with Crippen LogP contribution in [0.1, 0.15) is 44.3 Å². The summed E-state index contributed by atoms with van der Waals surface area (Å²) in [4.78, 5) is 4.76. The molecule has 3 nitrogen and oxygen atoms in total. The van der Waals surface area contributed by atoms with Gasteiger partial charge in [-0.3, -0.25) is 0 Å². The third-order valence-electron chi connectivity index (χ3n) is 4.98. The van der Waals surface area contributed by atoms with Crippen LogP contribution in [0.15, 0.2) is 4.52 Å². The summed E-state index contributed by atoms with van der Waals surface area (Å²) in [6.07, 6.45) is 8.28. The molecular weight excluding hydrogens is 220 g/mol. The van der Waals surface area contributed by atoms with E-state index in [9.17, 15) is 0 Å². The van der Waals surface area contributed by atoms with Crippen molar-refractivity contribution in [2.24, 2.45) is 17.8 Å². The van der Waals surface area contributed by atoms with E-state index in [1.54, 1.807) is 0 Å². The second-order valence-electron chi connectivity index (χ2n) is 6.13. The van der Waals surface area contributed by atoms with E-state index in [2.05, 4.69) is 10.1 Å². The summed E-state index contributed by atoms with van der Waals surface area (Å²) in [6, 6.07) is 0. The second kappa shape index (κ2) is 2.97. The van der Waals surface area contributed by atoms with Crippen LogP contribution in [0.25, 0.3) is 0 Å². The fraction of sp³-hybridized carbons (Fsp3) is 0.833. The van der Waals surface area contributed by atoms with Crippen molar-refractivity contribution in [3.63, 3.8) is 0 Å². The molecule has 4 heteroatoms. The molecule has 86 valence electrons. The second-order valence-corrected chi connectivity index (χ2v) is 6.48. The van der Waals surface area contributed by atoms with Crippen molar-refractivity contribution in [1.82, 2.24) is 10.1 Å². The van der Waals surface area contributed by atoms with Crippen molar-refractivity contribution < 1.29 is 4.52 Å². The Kier molecular flexibility index (Phi) is 1.75. The summed E-state index contributed by atoms with van der Waals surface area (Å²) >= 11 is 4.98. The molecule has 1 aromatic rings. The number of nitrogens with zero attached hydrogens (tertiary/aromatic N) is 1. The van der Waals surface area contributed by atoms with Gasteiger partial charge in [0.1, 0.15) is 5.82 Å². The summed E-state index contributed by atoms with van der Waals surface area (Å²) in [7, 11) is 0. The summed E-state index contributed by atoms with van der Waals surface area (Å²) < 4.78 is 5.13. The van der Waals surface area contributed by atoms with E-state index in [0.29, 0.717) is 4.84 Å². The highest BCUT2D eigenvalue weighted by atomic mass is 32.1. The Balaban J connectivity index is 1.79. The van der Waals surface area contributed by atoms with E-state index in [1.165, 1.54) is 38.5 Å². The van der Waals surface area contributed by atoms with Crippen LogP contribution in [0.4, 0.5) is 0 Å². The van der Waals surface area contributed by atoms with Gasteiger partial charge in [0.2, 0.25) is 0 Å². The Morgan fingerprint density at radius 3 is 2.12 bits per heavy atom. The minimum atomic E-state index is 0.287. The van der Waals surface area contributed by atoms with Crippen molar-refractivity contribution in [2.75, 3.05) is 0 Å². The lowest BCUT2D eigenvalue weighted by Gasteiger charge is -2.55. The molecule has 4 aliphatic carbocycles. The predicted octanol–water partition coefficient (Wildman–Crippen LogP) is 3.20. The third-order valence-corrected chi connectivity index (χ3v) is 5.15. The first-order valence-electron chi connectivity index (χ1n) is 6.29. The average molecular weight is 236 g/mol. The minimum absolute atomic E-state index is 0.287. The molecule has 0 atom stereocenters. The van der Waals surface area contributed by atoms with E-state index < -0.39 is 0 Å². The van der Waals surface area contributed by atoms with E-state index in [1.807, 2.05) is 0 Å². The van der Waals surface area contributed by atoms with Crippen LogP contribution < -0.4 is 0 Å². The Bertz CT molecular complexity index is 440. The maximum atomic E-state index is 5.13. The highest BCUT2D eigenvalue weighted by Gasteiger charge is 2.53. The molecule has 4 fully saturated rings. The van der Waals surface area contributed by atoms with Gasteiger partial charge < -0.3 is 4.52 Å². The molecule has 0 spiro atoms. The quantitative estimate of drug-likeness (QED) is 0.761. The number of rotatable bonds is 1. The van der Waals surface area contributed by atoms with Gasteiger partial charge >= 0.3 is 4.84 Å². The van der Waals surface area contributed by atoms with Gasteiger partial charge in [0.25, 0.3) is 0 Å². The van der Waals surface area contributed by atoms with Gasteiger partial charge in [0, 0.05) is 5.41 Å². The Morgan fingerprint density at radius 2 is 1.69 bits per heavy atom. The average Bonchev–Trinajstić information content (AvgIpc) is 2.63. The number of hydrogen-bond donors (Lipinski definition) is 1. The largest absolute Gasteiger partial charge is 0.348 e. The van der Waals surface area contributed by atoms with Crippen LogP contribution in [0.2, 0.25) is 0 Å². The van der Waals surface area contributed by atoms with Gasteiger partial charge in [-0.25, -0.2) is 5.16 Å². The molecule has 0 saturated heterocycles. The standard InChI is InChI=1S/C12H16N2OS/c16-11-13-10(14-15-11)12-4-7-1-8(5-12)3-9(2-7)6-12/h7-9H,1-6H2,(H,13,14,16). The highest BCUT2D eigenvalue weighted by Crippen LogP contribution is 2.60. The monoisotopic (exact) mass is 236 g/mol. The number of aromatic amines is 1. The topological polar surface area (TPSA) is 41.8 Å². The smallest absolute Gasteiger partial charge is 0.314 e. The summed E-state index contributed by atoms with van der Waals surface area (Å²) in [6.45, 7) is 0. The molecule has 1 aromatic heterocycles. The van der Waals surface area contributed by atoms with Crippen molar-refractivity contribution >= 4 is 12.2 Å². The van der Waals surface area contributed by atoms with Crippen LogP contribution in [-0.4, -0.2) is 10.1 Å². The minimum Gasteiger partial charge on any atom is -0.348 e. The van der Waals surface area contributed by atoms with Crippen LogP contribution in [-0.2, 0) is 5.41 Å². The zero-order valence-corrected chi connectivity index (χ0v) is 10.1. The molecule has 4 saturated carbocycles. The molecule has 4 bridgehead atoms. The van der Waals surface area contributed by atoms with Gasteiger partial charge in [-0.05, 0) is 68.5 Å². The summed E-state index contributed by atoms with van der Waals surface area (Å²) in [5.74, 6) is 3.84. The Hall–Kier alpha value is -0.640. The maximum Gasteiger partial charge on any atom is 0.314 e. The maximum absolute atomic E-state index is 5.13. The van der Waals surface area contributed by atoms with Crippen molar-refractivity contribution in [2.45, 2.75) is 43.9 Å². The fourth-order valence-corrected chi connectivity index (χ4v) is 4.99. The van der Waals surface area contributed by atoms with Crippen LogP contribution >= 0.6 is 12.2 Å². The number of hydrogen-bond acceptors (Lipinski definition) is 3. The zero-order chi connectivity index (χ0) is 10.8. The van der Waals surface area contributed by atoms with Gasteiger partial charge in [-0.2, -0.15) is 4.98 Å². The molecule has 16 heavy (non-hydrogen) atoms. The zero-order valence-electron chi connectivity index (χ0n) is 9.24. The Labute approximate surface area is 99.6 Å². The van der Waals surface area contributed by atoms with E-state index in [4.69, 9.17) is 16.7 Å². The van der Waals surface area contributed by atoms with Crippen molar-refractivity contribution in [3.8, 4) is 0 Å². The van der Waals surface area contributed by atoms with Gasteiger partial charge in [0.15, 0.2) is 0 Å². The van der Waals surface area contributed by atoms with E-state index in [0.717, 1.165) is 23.6 Å². The number of H-pyrrole nitrogens is 1. The normalized spacial score (nSPS) is 45.1. The lowest BCUT2D eigenvalue weighted by Crippen LogP contribution is -2.49. The van der Waals surface area contributed by atoms with Crippen molar-refractivity contribution in [3.05, 3.63) is 10.7 Å². The van der Waals surface area contributed by atoms with Crippen LogP contribution in [0, 0.1) is 22.6 Å². The van der Waals surface area contributed by atoms with Crippen LogP contribution in [0.5, 0.6) is 0 Å². The molecule has 4 aliphatic rings. The lowest BCUT2D eigenvalue weighted by atomic mass is 9.49. The Morgan fingerprint density at radius 1 is 1.12 bits per heavy atom. The van der Waals surface area contributed by atoms with E-state index in [-0.39, 0.29) is 5.41 Å².